The molecule has 1 N–H and O–H groups in total. The number of pyridine rings is 1. The van der Waals surface area contributed by atoms with Gasteiger partial charge < -0.3 is 10.0 Å². The quantitative estimate of drug-likeness (QED) is 0.914. The fourth-order valence-electron chi connectivity index (χ4n) is 1.92. The number of aromatic nitrogens is 2. The van der Waals surface area contributed by atoms with Crippen molar-refractivity contribution in [2.24, 2.45) is 0 Å². The van der Waals surface area contributed by atoms with Crippen molar-refractivity contribution in [3.8, 4) is 0 Å². The molecule has 7 heteroatoms. The fourth-order valence-corrected chi connectivity index (χ4v) is 2.61. The van der Waals surface area contributed by atoms with E-state index >= 15 is 0 Å². The number of amides is 1. The van der Waals surface area contributed by atoms with E-state index in [1.54, 1.807) is 29.5 Å². The highest BCUT2D eigenvalue weighted by atomic mass is 32.1. The van der Waals surface area contributed by atoms with Gasteiger partial charge in [-0.15, -0.1) is 11.3 Å². The minimum absolute atomic E-state index is 0.0784. The standard InChI is InChI=1S/C14H15N3O3S/c1-9(12-15-5-6-21-12)8-17(2)13(18)10-3-4-11(14(19)20)16-7-10/h3-7,9H,8H2,1-2H3,(H,19,20). The molecule has 1 unspecified atom stereocenters. The van der Waals surface area contributed by atoms with Crippen LogP contribution in [0.25, 0.3) is 0 Å². The fraction of sp³-hybridized carbons (Fsp3) is 0.286. The molecule has 2 aromatic rings. The second-order valence-electron chi connectivity index (χ2n) is 4.69. The Labute approximate surface area is 126 Å². The number of likely N-dealkylation sites (N-methyl/N-ethyl adjacent to an activating group) is 1. The number of carbonyl (C=O) groups is 2. The number of thiazole rings is 1. The second-order valence-corrected chi connectivity index (χ2v) is 5.62. The summed E-state index contributed by atoms with van der Waals surface area (Å²) in [5.41, 5.74) is 0.291. The Morgan fingerprint density at radius 3 is 2.67 bits per heavy atom. The van der Waals surface area contributed by atoms with E-state index in [2.05, 4.69) is 9.97 Å². The van der Waals surface area contributed by atoms with Gasteiger partial charge in [0.15, 0.2) is 0 Å². The average molecular weight is 305 g/mol. The highest BCUT2D eigenvalue weighted by molar-refractivity contribution is 7.09. The molecule has 0 saturated carbocycles. The highest BCUT2D eigenvalue weighted by Gasteiger charge is 2.17. The third-order valence-corrected chi connectivity index (χ3v) is 4.00. The van der Waals surface area contributed by atoms with Crippen molar-refractivity contribution in [3.63, 3.8) is 0 Å². The molecule has 0 bridgehead atoms. The highest BCUT2D eigenvalue weighted by Crippen LogP contribution is 2.19. The van der Waals surface area contributed by atoms with E-state index in [9.17, 15) is 9.59 Å². The van der Waals surface area contributed by atoms with Gasteiger partial charge in [0, 0.05) is 37.3 Å². The molecule has 2 aromatic heterocycles. The Balaban J connectivity index is 2.03. The molecule has 21 heavy (non-hydrogen) atoms. The molecule has 0 aliphatic heterocycles. The lowest BCUT2D eigenvalue weighted by molar-refractivity contribution is 0.0688. The van der Waals surface area contributed by atoms with E-state index in [0.717, 1.165) is 5.01 Å². The number of hydrogen-bond donors (Lipinski definition) is 1. The summed E-state index contributed by atoms with van der Waals surface area (Å²) in [5.74, 6) is -1.16. The number of rotatable bonds is 5. The molecule has 0 spiro atoms. The zero-order valence-corrected chi connectivity index (χ0v) is 12.5. The summed E-state index contributed by atoms with van der Waals surface area (Å²) in [7, 11) is 1.71. The summed E-state index contributed by atoms with van der Waals surface area (Å²) in [4.78, 5) is 32.6. The Bertz CT molecular complexity index is 625. The van der Waals surface area contributed by atoms with Gasteiger partial charge in [0.05, 0.1) is 10.6 Å². The molecule has 0 radical (unpaired) electrons. The van der Waals surface area contributed by atoms with Crippen LogP contribution >= 0.6 is 11.3 Å². The number of hydrogen-bond acceptors (Lipinski definition) is 5. The minimum Gasteiger partial charge on any atom is -0.477 e. The molecule has 6 nitrogen and oxygen atoms in total. The minimum atomic E-state index is -1.11. The first-order valence-corrected chi connectivity index (χ1v) is 7.21. The zero-order chi connectivity index (χ0) is 15.4. The summed E-state index contributed by atoms with van der Waals surface area (Å²) in [6, 6.07) is 2.80. The molecular weight excluding hydrogens is 290 g/mol. The first-order chi connectivity index (χ1) is 9.99. The van der Waals surface area contributed by atoms with Crippen LogP contribution in [0.15, 0.2) is 29.9 Å². The van der Waals surface area contributed by atoms with E-state index in [1.807, 2.05) is 12.3 Å². The van der Waals surface area contributed by atoms with Crippen LogP contribution in [0.1, 0.15) is 38.7 Å². The summed E-state index contributed by atoms with van der Waals surface area (Å²) in [6.07, 6.45) is 3.03. The Kier molecular flexibility index (Phi) is 4.64. The topological polar surface area (TPSA) is 83.4 Å². The van der Waals surface area contributed by atoms with Crippen molar-refractivity contribution >= 4 is 23.2 Å². The number of carboxylic acid groups (broad SMARTS) is 1. The van der Waals surface area contributed by atoms with Crippen molar-refractivity contribution in [1.29, 1.82) is 0 Å². The van der Waals surface area contributed by atoms with Crippen molar-refractivity contribution in [2.45, 2.75) is 12.8 Å². The van der Waals surface area contributed by atoms with Crippen molar-refractivity contribution in [2.75, 3.05) is 13.6 Å². The summed E-state index contributed by atoms with van der Waals surface area (Å²) in [6.45, 7) is 2.54. The normalized spacial score (nSPS) is 11.9. The maximum atomic E-state index is 12.3. The number of carbonyl (C=O) groups excluding carboxylic acids is 1. The first kappa shape index (κ1) is 15.1. The summed E-state index contributed by atoms with van der Waals surface area (Å²) in [5, 5.41) is 11.7. The smallest absolute Gasteiger partial charge is 0.354 e. The van der Waals surface area contributed by atoms with E-state index < -0.39 is 5.97 Å². The van der Waals surface area contributed by atoms with E-state index in [0.29, 0.717) is 12.1 Å². The van der Waals surface area contributed by atoms with Gasteiger partial charge in [-0.05, 0) is 12.1 Å². The molecule has 0 fully saturated rings. The average Bonchev–Trinajstić information content (AvgIpc) is 3.00. The van der Waals surface area contributed by atoms with Crippen LogP contribution in [0.3, 0.4) is 0 Å². The van der Waals surface area contributed by atoms with Crippen molar-refractivity contribution in [3.05, 3.63) is 46.2 Å². The van der Waals surface area contributed by atoms with Crippen molar-refractivity contribution in [1.82, 2.24) is 14.9 Å². The number of aromatic carboxylic acids is 1. The Morgan fingerprint density at radius 1 is 1.38 bits per heavy atom. The molecule has 2 rings (SSSR count). The zero-order valence-electron chi connectivity index (χ0n) is 11.7. The lowest BCUT2D eigenvalue weighted by Crippen LogP contribution is -2.30. The SMILES string of the molecule is CC(CN(C)C(=O)c1ccc(C(=O)O)nc1)c1nccs1. The van der Waals surface area contributed by atoms with Crippen LogP contribution in [0.4, 0.5) is 0 Å². The Morgan fingerprint density at radius 2 is 2.14 bits per heavy atom. The van der Waals surface area contributed by atoms with Gasteiger partial charge in [-0.1, -0.05) is 6.92 Å². The molecule has 1 amide bonds. The maximum absolute atomic E-state index is 12.3. The van der Waals surface area contributed by atoms with Gasteiger partial charge in [0.2, 0.25) is 0 Å². The van der Waals surface area contributed by atoms with Gasteiger partial charge in [-0.2, -0.15) is 0 Å². The van der Waals surface area contributed by atoms with Crippen LogP contribution < -0.4 is 0 Å². The van der Waals surface area contributed by atoms with E-state index in [1.165, 1.54) is 18.3 Å². The maximum Gasteiger partial charge on any atom is 0.354 e. The first-order valence-electron chi connectivity index (χ1n) is 6.33. The lowest BCUT2D eigenvalue weighted by atomic mass is 10.1. The summed E-state index contributed by atoms with van der Waals surface area (Å²) < 4.78 is 0. The van der Waals surface area contributed by atoms with Crippen molar-refractivity contribution < 1.29 is 14.7 Å². The number of carboxylic acids is 1. The molecule has 0 saturated heterocycles. The third-order valence-electron chi connectivity index (χ3n) is 3.00. The van der Waals surface area contributed by atoms with Crippen LogP contribution in [0.2, 0.25) is 0 Å². The largest absolute Gasteiger partial charge is 0.477 e. The van der Waals surface area contributed by atoms with Crippen LogP contribution in [-0.2, 0) is 0 Å². The molecule has 0 aliphatic rings. The van der Waals surface area contributed by atoms with Crippen LogP contribution in [0.5, 0.6) is 0 Å². The van der Waals surface area contributed by atoms with Gasteiger partial charge in [0.25, 0.3) is 5.91 Å². The van der Waals surface area contributed by atoms with Gasteiger partial charge >= 0.3 is 5.97 Å². The molecule has 1 atom stereocenters. The van der Waals surface area contributed by atoms with Gasteiger partial charge in [-0.25, -0.2) is 14.8 Å². The van der Waals surface area contributed by atoms with E-state index in [-0.39, 0.29) is 17.5 Å². The molecule has 0 aromatic carbocycles. The van der Waals surface area contributed by atoms with E-state index in [4.69, 9.17) is 5.11 Å². The monoisotopic (exact) mass is 305 g/mol. The summed E-state index contributed by atoms with van der Waals surface area (Å²) >= 11 is 1.56. The Hall–Kier alpha value is -2.28. The number of nitrogens with zero attached hydrogens (tertiary/aromatic N) is 3. The molecule has 0 aliphatic carbocycles. The predicted molar refractivity (Wildman–Crippen MR) is 78.7 cm³/mol. The molecule has 2 heterocycles. The van der Waals surface area contributed by atoms with Gasteiger partial charge in [-0.3, -0.25) is 4.79 Å². The molecular formula is C14H15N3O3S. The third kappa shape index (κ3) is 3.63. The predicted octanol–water partition coefficient (Wildman–Crippen LogP) is 2.11. The van der Waals surface area contributed by atoms with Gasteiger partial charge in [0.1, 0.15) is 5.69 Å². The second kappa shape index (κ2) is 6.45. The lowest BCUT2D eigenvalue weighted by Gasteiger charge is -2.20. The van der Waals surface area contributed by atoms with Crippen LogP contribution in [0, 0.1) is 0 Å². The van der Waals surface area contributed by atoms with Crippen LogP contribution in [-0.4, -0.2) is 45.4 Å². The molecule has 110 valence electrons.